The number of rotatable bonds is 5. The molecule has 0 aromatic heterocycles. The maximum absolute atomic E-state index is 13.7. The van der Waals surface area contributed by atoms with Crippen LogP contribution in [-0.2, 0) is 14.3 Å². The van der Waals surface area contributed by atoms with Gasteiger partial charge in [0.25, 0.3) is 0 Å². The molecule has 9 heteroatoms. The van der Waals surface area contributed by atoms with E-state index in [1.54, 1.807) is 20.8 Å². The number of halogens is 2. The van der Waals surface area contributed by atoms with Gasteiger partial charge < -0.3 is 20.1 Å². The van der Waals surface area contributed by atoms with Crippen molar-refractivity contribution in [3.05, 3.63) is 11.6 Å². The van der Waals surface area contributed by atoms with Crippen LogP contribution in [0.3, 0.4) is 0 Å². The molecule has 2 N–H and O–H groups in total. The number of alkyl halides is 2. The number of likely N-dealkylation sites (tertiary alicyclic amines) is 1. The Bertz CT molecular complexity index is 718. The van der Waals surface area contributed by atoms with Crippen LogP contribution in [0, 0.1) is 11.8 Å². The van der Waals surface area contributed by atoms with Gasteiger partial charge in [-0.3, -0.25) is 4.79 Å². The summed E-state index contributed by atoms with van der Waals surface area (Å²) in [5.74, 6) is -5.33. The molecule has 1 heterocycles. The van der Waals surface area contributed by atoms with Gasteiger partial charge in [0.15, 0.2) is 0 Å². The molecule has 1 saturated heterocycles. The molecule has 0 aromatic carbocycles. The van der Waals surface area contributed by atoms with Crippen molar-refractivity contribution in [1.29, 1.82) is 0 Å². The minimum atomic E-state index is -2.79. The lowest BCUT2D eigenvalue weighted by Crippen LogP contribution is -2.56. The molecule has 2 fully saturated rings. The van der Waals surface area contributed by atoms with Gasteiger partial charge in [-0.2, -0.15) is 0 Å². The first kappa shape index (κ1) is 25.1. The molecular formula is C22H34F2N2O5. The van der Waals surface area contributed by atoms with E-state index in [1.807, 2.05) is 19.9 Å². The van der Waals surface area contributed by atoms with Gasteiger partial charge in [-0.1, -0.05) is 11.6 Å². The van der Waals surface area contributed by atoms with Crippen LogP contribution in [0.15, 0.2) is 11.6 Å². The van der Waals surface area contributed by atoms with Crippen LogP contribution in [0.2, 0.25) is 0 Å². The highest BCUT2D eigenvalue weighted by atomic mass is 19.3. The minimum absolute atomic E-state index is 0.0577. The van der Waals surface area contributed by atoms with E-state index in [0.717, 1.165) is 5.57 Å². The third-order valence-corrected chi connectivity index (χ3v) is 5.70. The molecule has 7 nitrogen and oxygen atoms in total. The summed E-state index contributed by atoms with van der Waals surface area (Å²) < 4.78 is 32.6. The van der Waals surface area contributed by atoms with E-state index in [2.05, 4.69) is 5.32 Å². The van der Waals surface area contributed by atoms with Crippen molar-refractivity contribution < 1.29 is 33.0 Å². The molecule has 0 bridgehead atoms. The Labute approximate surface area is 182 Å². The van der Waals surface area contributed by atoms with Gasteiger partial charge >= 0.3 is 12.1 Å². The first-order valence-corrected chi connectivity index (χ1v) is 10.8. The van der Waals surface area contributed by atoms with Crippen molar-refractivity contribution in [3.8, 4) is 0 Å². The first-order valence-electron chi connectivity index (χ1n) is 10.8. The number of alkyl carbamates (subject to hydrolysis) is 1. The highest BCUT2D eigenvalue weighted by Crippen LogP contribution is 2.38. The highest BCUT2D eigenvalue weighted by molar-refractivity contribution is 5.90. The maximum atomic E-state index is 13.7. The van der Waals surface area contributed by atoms with Crippen LogP contribution in [0.1, 0.15) is 66.7 Å². The van der Waals surface area contributed by atoms with Gasteiger partial charge in [-0.15, -0.1) is 0 Å². The minimum Gasteiger partial charge on any atom is -0.480 e. The number of hydrogen-bond donors (Lipinski definition) is 2. The summed E-state index contributed by atoms with van der Waals surface area (Å²) in [5, 5.41) is 12.3. The molecule has 2 amide bonds. The number of ether oxygens (including phenoxy) is 1. The van der Waals surface area contributed by atoms with Crippen molar-refractivity contribution in [2.75, 3.05) is 6.54 Å². The summed E-state index contributed by atoms with van der Waals surface area (Å²) in [6.45, 7) is 8.97. The molecule has 31 heavy (non-hydrogen) atoms. The number of carboxylic acid groups (broad SMARTS) is 1. The Morgan fingerprint density at radius 2 is 1.74 bits per heavy atom. The van der Waals surface area contributed by atoms with Crippen LogP contribution in [0.25, 0.3) is 0 Å². The number of hydrogen-bond acceptors (Lipinski definition) is 4. The van der Waals surface area contributed by atoms with E-state index >= 15 is 0 Å². The fourth-order valence-corrected chi connectivity index (χ4v) is 4.37. The van der Waals surface area contributed by atoms with Gasteiger partial charge in [-0.05, 0) is 59.8 Å². The summed E-state index contributed by atoms with van der Waals surface area (Å²) in [7, 11) is 0. The average molecular weight is 445 g/mol. The van der Waals surface area contributed by atoms with Crippen LogP contribution in [0.5, 0.6) is 0 Å². The quantitative estimate of drug-likeness (QED) is 0.626. The lowest BCUT2D eigenvalue weighted by Gasteiger charge is -2.36. The molecule has 1 aliphatic heterocycles. The number of carbonyl (C=O) groups excluding carboxylic acids is 2. The van der Waals surface area contributed by atoms with Gasteiger partial charge in [0.2, 0.25) is 11.8 Å². The highest BCUT2D eigenvalue weighted by Gasteiger charge is 2.47. The van der Waals surface area contributed by atoms with E-state index in [9.17, 15) is 28.3 Å². The maximum Gasteiger partial charge on any atom is 0.408 e. The SMILES string of the molecule is CC(C)=C[C@H]1CCN(C(=O)[C@@H](NC(=O)OC(C)(C)C)C2CCC(F)(F)CC2)C1C(=O)O. The molecule has 1 unspecified atom stereocenters. The van der Waals surface area contributed by atoms with E-state index in [4.69, 9.17) is 4.74 Å². The fourth-order valence-electron chi connectivity index (χ4n) is 4.37. The Balaban J connectivity index is 2.27. The Kier molecular flexibility index (Phi) is 7.70. The van der Waals surface area contributed by atoms with Crippen molar-refractivity contribution in [2.45, 2.75) is 90.3 Å². The monoisotopic (exact) mass is 444 g/mol. The van der Waals surface area contributed by atoms with Crippen molar-refractivity contribution >= 4 is 18.0 Å². The summed E-state index contributed by atoms with van der Waals surface area (Å²) in [4.78, 5) is 39.1. The Hall–Kier alpha value is -2.19. The number of amides is 2. The number of carboxylic acids is 1. The zero-order valence-corrected chi connectivity index (χ0v) is 18.9. The number of carbonyl (C=O) groups is 3. The van der Waals surface area contributed by atoms with Gasteiger partial charge in [0.05, 0.1) is 0 Å². The van der Waals surface area contributed by atoms with Crippen molar-refractivity contribution in [1.82, 2.24) is 10.2 Å². The van der Waals surface area contributed by atoms with Crippen LogP contribution < -0.4 is 5.32 Å². The summed E-state index contributed by atoms with van der Waals surface area (Å²) in [6, 6.07) is -2.17. The largest absolute Gasteiger partial charge is 0.480 e. The molecule has 0 spiro atoms. The van der Waals surface area contributed by atoms with Gasteiger partial charge in [0, 0.05) is 25.3 Å². The lowest BCUT2D eigenvalue weighted by atomic mass is 9.81. The summed E-state index contributed by atoms with van der Waals surface area (Å²) >= 11 is 0. The second kappa shape index (κ2) is 9.53. The Morgan fingerprint density at radius 1 is 1.16 bits per heavy atom. The van der Waals surface area contributed by atoms with Crippen molar-refractivity contribution in [2.24, 2.45) is 11.8 Å². The normalized spacial score (nSPS) is 24.9. The number of aliphatic carboxylic acids is 1. The van der Waals surface area contributed by atoms with Crippen LogP contribution in [-0.4, -0.2) is 58.1 Å². The molecular weight excluding hydrogens is 410 g/mol. The van der Waals surface area contributed by atoms with Gasteiger partial charge in [-0.25, -0.2) is 18.4 Å². The van der Waals surface area contributed by atoms with Gasteiger partial charge in [0.1, 0.15) is 17.7 Å². The number of allylic oxidation sites excluding steroid dienone is 1. The summed E-state index contributed by atoms with van der Waals surface area (Å²) in [6.07, 6.45) is 0.861. The fraction of sp³-hybridized carbons (Fsp3) is 0.773. The number of nitrogens with one attached hydrogen (secondary N) is 1. The number of nitrogens with zero attached hydrogens (tertiary/aromatic N) is 1. The second-order valence-corrected chi connectivity index (χ2v) is 9.83. The lowest BCUT2D eigenvalue weighted by molar-refractivity contribution is -0.151. The first-order chi connectivity index (χ1) is 14.2. The van der Waals surface area contributed by atoms with E-state index in [-0.39, 0.29) is 38.1 Å². The predicted molar refractivity (Wildman–Crippen MR) is 111 cm³/mol. The third-order valence-electron chi connectivity index (χ3n) is 5.70. The molecule has 1 saturated carbocycles. The molecule has 0 radical (unpaired) electrons. The molecule has 2 rings (SSSR count). The molecule has 176 valence electrons. The van der Waals surface area contributed by atoms with E-state index < -0.39 is 47.5 Å². The van der Waals surface area contributed by atoms with Crippen LogP contribution >= 0.6 is 0 Å². The summed E-state index contributed by atoms with van der Waals surface area (Å²) in [5.41, 5.74) is 0.145. The zero-order chi connectivity index (χ0) is 23.6. The second-order valence-electron chi connectivity index (χ2n) is 9.83. The molecule has 1 aliphatic carbocycles. The smallest absolute Gasteiger partial charge is 0.408 e. The zero-order valence-electron chi connectivity index (χ0n) is 18.9. The third kappa shape index (κ3) is 6.90. The van der Waals surface area contributed by atoms with E-state index in [0.29, 0.717) is 6.42 Å². The topological polar surface area (TPSA) is 95.9 Å². The predicted octanol–water partition coefficient (Wildman–Crippen LogP) is 3.97. The van der Waals surface area contributed by atoms with Crippen LogP contribution in [0.4, 0.5) is 13.6 Å². The molecule has 2 aliphatic rings. The Morgan fingerprint density at radius 3 is 2.23 bits per heavy atom. The standard InChI is InChI=1S/C22H34F2N2O5/c1-13(2)12-15-8-11-26(17(15)19(28)29)18(27)16(25-20(30)31-21(3,4)5)14-6-9-22(23,24)10-7-14/h12,14-17H,6-11H2,1-5H3,(H,25,30)(H,28,29)/t15-,16+,17?/m1/s1. The molecule has 0 aromatic rings. The molecule has 3 atom stereocenters. The average Bonchev–Trinajstić information content (AvgIpc) is 3.01. The van der Waals surface area contributed by atoms with Crippen molar-refractivity contribution in [3.63, 3.8) is 0 Å². The van der Waals surface area contributed by atoms with E-state index in [1.165, 1.54) is 4.90 Å².